The fourth-order valence-corrected chi connectivity index (χ4v) is 5.71. The first kappa shape index (κ1) is 31.9. The summed E-state index contributed by atoms with van der Waals surface area (Å²) in [6.07, 6.45) is 2.36. The summed E-state index contributed by atoms with van der Waals surface area (Å²) in [4.78, 5) is 49.8. The second-order valence-corrected chi connectivity index (χ2v) is 11.5. The molecule has 11 heteroatoms. The van der Waals surface area contributed by atoms with Gasteiger partial charge < -0.3 is 24.2 Å². The third-order valence-electron chi connectivity index (χ3n) is 8.41. The molecule has 1 aromatic heterocycles. The van der Waals surface area contributed by atoms with Gasteiger partial charge in [-0.1, -0.05) is 54.6 Å². The van der Waals surface area contributed by atoms with Crippen LogP contribution >= 0.6 is 0 Å². The highest BCUT2D eigenvalue weighted by Crippen LogP contribution is 2.28. The summed E-state index contributed by atoms with van der Waals surface area (Å²) in [6.45, 7) is 6.40. The maximum atomic E-state index is 13.0. The number of amides is 3. The van der Waals surface area contributed by atoms with Crippen LogP contribution in [0.15, 0.2) is 72.9 Å². The molecule has 5 rings (SSSR count). The number of benzene rings is 2. The minimum atomic E-state index is -0.443. The van der Waals surface area contributed by atoms with Crippen molar-refractivity contribution in [1.82, 2.24) is 24.6 Å². The van der Waals surface area contributed by atoms with Gasteiger partial charge in [0.1, 0.15) is 11.8 Å². The number of hydrogen-bond donors (Lipinski definition) is 1. The molecule has 3 amide bonds. The Kier molecular flexibility index (Phi) is 11.0. The number of likely N-dealkylation sites (N-methyl/N-ethyl adjacent to an activating group) is 1. The average Bonchev–Trinajstić information content (AvgIpc) is 3.08. The number of ether oxygens (including phenoxy) is 2. The molecule has 45 heavy (non-hydrogen) atoms. The first-order valence-corrected chi connectivity index (χ1v) is 15.5. The normalized spacial score (nSPS) is 16.2. The lowest BCUT2D eigenvalue weighted by molar-refractivity contribution is 0.0539. The van der Waals surface area contributed by atoms with Crippen LogP contribution in [0.25, 0.3) is 11.1 Å². The van der Waals surface area contributed by atoms with Crippen LogP contribution < -0.4 is 5.32 Å². The van der Waals surface area contributed by atoms with Crippen molar-refractivity contribution < 1.29 is 23.9 Å². The number of carbonyl (C=O) groups is 3. The van der Waals surface area contributed by atoms with E-state index in [9.17, 15) is 14.4 Å². The van der Waals surface area contributed by atoms with E-state index >= 15 is 0 Å². The zero-order valence-corrected chi connectivity index (χ0v) is 26.1. The smallest absolute Gasteiger partial charge is 0.411 e. The van der Waals surface area contributed by atoms with Gasteiger partial charge >= 0.3 is 12.2 Å². The Morgan fingerprint density at radius 3 is 2.29 bits per heavy atom. The Balaban J connectivity index is 1.01. The molecular formula is C34H42N6O5. The van der Waals surface area contributed by atoms with Crippen LogP contribution in [-0.2, 0) is 16.0 Å². The number of nitrogens with one attached hydrogen (secondary N) is 1. The molecule has 0 bridgehead atoms. The van der Waals surface area contributed by atoms with Crippen LogP contribution in [0, 0.1) is 0 Å². The molecule has 0 spiro atoms. The van der Waals surface area contributed by atoms with Gasteiger partial charge in [0.2, 0.25) is 0 Å². The number of para-hydroxylation sites is 1. The molecule has 3 heterocycles. The number of piperidine rings is 1. The number of likely N-dealkylation sites (tertiary alicyclic amines) is 1. The molecule has 0 unspecified atom stereocenters. The quantitative estimate of drug-likeness (QED) is 0.378. The topological polar surface area (TPSA) is 108 Å². The second kappa shape index (κ2) is 15.5. The highest BCUT2D eigenvalue weighted by atomic mass is 16.6. The second-order valence-electron chi connectivity index (χ2n) is 11.5. The van der Waals surface area contributed by atoms with Gasteiger partial charge in [-0.3, -0.25) is 20.0 Å². The molecule has 0 radical (unpaired) electrons. The molecule has 2 aliphatic rings. The highest BCUT2D eigenvalue weighted by Gasteiger charge is 2.24. The summed E-state index contributed by atoms with van der Waals surface area (Å²) in [5, 5.41) is 2.92. The number of rotatable bonds is 9. The average molecular weight is 615 g/mol. The summed E-state index contributed by atoms with van der Waals surface area (Å²) in [6, 6.07) is 21.4. The molecule has 2 aromatic carbocycles. The van der Waals surface area contributed by atoms with Crippen molar-refractivity contribution in [3.8, 4) is 11.1 Å². The number of hydrogen-bond acceptors (Lipinski definition) is 8. The van der Waals surface area contributed by atoms with E-state index < -0.39 is 6.09 Å². The Hall–Kier alpha value is -4.48. The number of nitrogens with zero attached hydrogens (tertiary/aromatic N) is 5. The standard InChI is InChI=1S/C34H42N6O5/c1-37(32(41)31-13-12-26(24-35-31)25-39-20-22-40(23-21-39)34(43)44-2)18-19-38-16-14-28(15-17-38)45-33(42)36-30-11-7-6-10-29(30)27-8-4-3-5-9-27/h3-13,24,28H,14-23,25H2,1-2H3,(H,36,42). The first-order chi connectivity index (χ1) is 21.9. The minimum Gasteiger partial charge on any atom is -0.453 e. The Morgan fingerprint density at radius 2 is 1.60 bits per heavy atom. The van der Waals surface area contributed by atoms with Crippen LogP contribution in [0.5, 0.6) is 0 Å². The molecule has 238 valence electrons. The highest BCUT2D eigenvalue weighted by molar-refractivity contribution is 5.92. The predicted octanol–water partition coefficient (Wildman–Crippen LogP) is 4.42. The number of anilines is 1. The summed E-state index contributed by atoms with van der Waals surface area (Å²) >= 11 is 0. The van der Waals surface area contributed by atoms with Gasteiger partial charge in [-0.2, -0.15) is 0 Å². The van der Waals surface area contributed by atoms with Crippen molar-refractivity contribution in [1.29, 1.82) is 0 Å². The Morgan fingerprint density at radius 1 is 0.889 bits per heavy atom. The van der Waals surface area contributed by atoms with E-state index in [2.05, 4.69) is 20.1 Å². The van der Waals surface area contributed by atoms with Crippen LogP contribution in [0.2, 0.25) is 0 Å². The van der Waals surface area contributed by atoms with E-state index in [4.69, 9.17) is 9.47 Å². The molecule has 0 aliphatic carbocycles. The van der Waals surface area contributed by atoms with Crippen molar-refractivity contribution in [3.63, 3.8) is 0 Å². The van der Waals surface area contributed by atoms with Crippen molar-refractivity contribution >= 4 is 23.8 Å². The maximum Gasteiger partial charge on any atom is 0.411 e. The lowest BCUT2D eigenvalue weighted by Crippen LogP contribution is -2.48. The third kappa shape index (κ3) is 8.80. The maximum absolute atomic E-state index is 13.0. The van der Waals surface area contributed by atoms with Crippen LogP contribution in [0.4, 0.5) is 15.3 Å². The van der Waals surface area contributed by atoms with Gasteiger partial charge in [-0.15, -0.1) is 0 Å². The predicted molar refractivity (Wildman–Crippen MR) is 172 cm³/mol. The number of piperazine rings is 1. The molecule has 2 saturated heterocycles. The molecule has 11 nitrogen and oxygen atoms in total. The summed E-state index contributed by atoms with van der Waals surface area (Å²) < 4.78 is 10.6. The van der Waals surface area contributed by atoms with E-state index in [0.29, 0.717) is 31.9 Å². The van der Waals surface area contributed by atoms with Crippen LogP contribution in [0.3, 0.4) is 0 Å². The minimum absolute atomic E-state index is 0.112. The number of carbonyl (C=O) groups excluding carboxylic acids is 3. The SMILES string of the molecule is COC(=O)N1CCN(Cc2ccc(C(=O)N(C)CCN3CCC(OC(=O)Nc4ccccc4-c4ccccc4)CC3)nc2)CC1. The lowest BCUT2D eigenvalue weighted by atomic mass is 10.0. The zero-order chi connectivity index (χ0) is 31.6. The molecular weight excluding hydrogens is 572 g/mol. The fourth-order valence-electron chi connectivity index (χ4n) is 5.71. The van der Waals surface area contributed by atoms with Crippen LogP contribution in [-0.4, -0.2) is 115 Å². The summed E-state index contributed by atoms with van der Waals surface area (Å²) in [7, 11) is 3.20. The van der Waals surface area contributed by atoms with Crippen molar-refractivity contribution in [2.24, 2.45) is 0 Å². The third-order valence-corrected chi connectivity index (χ3v) is 8.41. The lowest BCUT2D eigenvalue weighted by Gasteiger charge is -2.33. The molecule has 0 atom stereocenters. The van der Waals surface area contributed by atoms with Crippen molar-refractivity contribution in [2.75, 3.05) is 71.8 Å². The molecule has 1 N–H and O–H groups in total. The molecule has 0 saturated carbocycles. The van der Waals surface area contributed by atoms with E-state index in [1.807, 2.05) is 60.7 Å². The van der Waals surface area contributed by atoms with E-state index in [1.54, 1.807) is 29.1 Å². The summed E-state index contributed by atoms with van der Waals surface area (Å²) in [5.41, 5.74) is 4.14. The van der Waals surface area contributed by atoms with Crippen molar-refractivity contribution in [2.45, 2.75) is 25.5 Å². The Labute approximate surface area is 264 Å². The summed E-state index contributed by atoms with van der Waals surface area (Å²) in [5.74, 6) is -0.112. The fraction of sp³-hybridized carbons (Fsp3) is 0.412. The monoisotopic (exact) mass is 614 g/mol. The number of pyridine rings is 1. The molecule has 2 aliphatic heterocycles. The van der Waals surface area contributed by atoms with Gasteiger partial charge in [-0.05, 0) is 36.1 Å². The van der Waals surface area contributed by atoms with E-state index in [0.717, 1.165) is 67.9 Å². The first-order valence-electron chi connectivity index (χ1n) is 15.5. The van der Waals surface area contributed by atoms with Crippen LogP contribution in [0.1, 0.15) is 28.9 Å². The molecule has 2 fully saturated rings. The van der Waals surface area contributed by atoms with Gasteiger partial charge in [0.25, 0.3) is 5.91 Å². The van der Waals surface area contributed by atoms with Gasteiger partial charge in [-0.25, -0.2) is 9.59 Å². The molecule has 3 aromatic rings. The van der Waals surface area contributed by atoms with Gasteiger partial charge in [0.05, 0.1) is 12.8 Å². The van der Waals surface area contributed by atoms with E-state index in [1.165, 1.54) is 7.11 Å². The largest absolute Gasteiger partial charge is 0.453 e. The van der Waals surface area contributed by atoms with Crippen molar-refractivity contribution in [3.05, 3.63) is 84.2 Å². The Bertz CT molecular complexity index is 1420. The van der Waals surface area contributed by atoms with E-state index in [-0.39, 0.29) is 18.1 Å². The zero-order valence-electron chi connectivity index (χ0n) is 26.1. The van der Waals surface area contributed by atoms with Gasteiger partial charge in [0.15, 0.2) is 0 Å². The van der Waals surface area contributed by atoms with Gasteiger partial charge in [0, 0.05) is 77.7 Å². The number of aromatic nitrogens is 1. The number of methoxy groups -OCH3 is 1.